The van der Waals surface area contributed by atoms with E-state index in [0.29, 0.717) is 11.4 Å². The first kappa shape index (κ1) is 19.2. The minimum atomic E-state index is -3.88. The van der Waals surface area contributed by atoms with Gasteiger partial charge in [-0.25, -0.2) is 13.4 Å². The van der Waals surface area contributed by atoms with Crippen LogP contribution in [0.25, 0.3) is 11.4 Å². The molecule has 0 radical (unpaired) electrons. The standard InChI is InChI=1S/C19H18N2O4S2/c1-12-8-10-15(11-9-12)27(24,25)18-17(26-13(2)19(22)23)20-16(21-18)14-6-4-3-5-7-14/h3-11,13H,1-2H3,(H,20,21)(H,22,23)/t13-/m0/s1. The van der Waals surface area contributed by atoms with Crippen LogP contribution in [-0.4, -0.2) is 34.7 Å². The molecule has 0 fully saturated rings. The van der Waals surface area contributed by atoms with Crippen molar-refractivity contribution in [2.45, 2.75) is 34.0 Å². The number of nitrogens with one attached hydrogen (secondary N) is 1. The van der Waals surface area contributed by atoms with E-state index in [-0.39, 0.29) is 14.9 Å². The molecule has 8 heteroatoms. The van der Waals surface area contributed by atoms with Crippen LogP contribution in [-0.2, 0) is 14.6 Å². The predicted octanol–water partition coefficient (Wildman–Crippen LogP) is 3.78. The molecular formula is C19H18N2O4S2. The monoisotopic (exact) mass is 402 g/mol. The summed E-state index contributed by atoms with van der Waals surface area (Å²) in [7, 11) is -3.88. The van der Waals surface area contributed by atoms with E-state index in [1.54, 1.807) is 24.3 Å². The van der Waals surface area contributed by atoms with Gasteiger partial charge in [-0.15, -0.1) is 0 Å². The Morgan fingerprint density at radius 1 is 1.11 bits per heavy atom. The van der Waals surface area contributed by atoms with Crippen molar-refractivity contribution in [3.8, 4) is 11.4 Å². The third-order valence-corrected chi connectivity index (χ3v) is 6.85. The summed E-state index contributed by atoms with van der Waals surface area (Å²) in [4.78, 5) is 18.6. The zero-order chi connectivity index (χ0) is 19.6. The van der Waals surface area contributed by atoms with Crippen LogP contribution in [0.15, 0.2) is 69.5 Å². The maximum absolute atomic E-state index is 13.1. The summed E-state index contributed by atoms with van der Waals surface area (Å²) in [5, 5.41) is 8.41. The molecule has 140 valence electrons. The number of imidazole rings is 1. The summed E-state index contributed by atoms with van der Waals surface area (Å²) >= 11 is 0.897. The van der Waals surface area contributed by atoms with Gasteiger partial charge < -0.3 is 10.1 Å². The lowest BCUT2D eigenvalue weighted by Crippen LogP contribution is -2.12. The lowest BCUT2D eigenvalue weighted by Gasteiger charge is -2.07. The zero-order valence-corrected chi connectivity index (χ0v) is 16.3. The minimum Gasteiger partial charge on any atom is -0.480 e. The van der Waals surface area contributed by atoms with E-state index >= 15 is 0 Å². The fourth-order valence-corrected chi connectivity index (χ4v) is 4.84. The van der Waals surface area contributed by atoms with Crippen molar-refractivity contribution in [2.75, 3.05) is 0 Å². The van der Waals surface area contributed by atoms with Gasteiger partial charge >= 0.3 is 5.97 Å². The van der Waals surface area contributed by atoms with E-state index in [9.17, 15) is 18.3 Å². The predicted molar refractivity (Wildman–Crippen MR) is 104 cm³/mol. The van der Waals surface area contributed by atoms with Crippen LogP contribution in [0.5, 0.6) is 0 Å². The van der Waals surface area contributed by atoms with Crippen LogP contribution in [0.4, 0.5) is 0 Å². The quantitative estimate of drug-likeness (QED) is 0.609. The molecule has 2 aromatic carbocycles. The molecule has 1 heterocycles. The average Bonchev–Trinajstić information content (AvgIpc) is 3.07. The molecule has 6 nitrogen and oxygen atoms in total. The van der Waals surface area contributed by atoms with Crippen LogP contribution in [0.3, 0.4) is 0 Å². The normalized spacial score (nSPS) is 12.7. The lowest BCUT2D eigenvalue weighted by molar-refractivity contribution is -0.136. The number of aromatic amines is 1. The molecular weight excluding hydrogens is 384 g/mol. The second-order valence-electron chi connectivity index (χ2n) is 6.00. The zero-order valence-electron chi connectivity index (χ0n) is 14.7. The van der Waals surface area contributed by atoms with Crippen molar-refractivity contribution >= 4 is 27.6 Å². The number of sulfone groups is 1. The van der Waals surface area contributed by atoms with Gasteiger partial charge in [0.2, 0.25) is 9.84 Å². The van der Waals surface area contributed by atoms with Gasteiger partial charge in [0.1, 0.15) is 16.1 Å². The molecule has 1 atom stereocenters. The Kier molecular flexibility index (Phi) is 5.38. The Morgan fingerprint density at radius 3 is 2.33 bits per heavy atom. The van der Waals surface area contributed by atoms with E-state index in [2.05, 4.69) is 9.97 Å². The molecule has 0 aliphatic rings. The first-order chi connectivity index (χ1) is 12.8. The van der Waals surface area contributed by atoms with E-state index in [0.717, 1.165) is 17.3 Å². The molecule has 3 aromatic rings. The van der Waals surface area contributed by atoms with E-state index < -0.39 is 21.1 Å². The highest BCUT2D eigenvalue weighted by Gasteiger charge is 2.28. The molecule has 0 saturated carbocycles. The summed E-state index contributed by atoms with van der Waals surface area (Å²) in [6, 6.07) is 15.6. The summed E-state index contributed by atoms with van der Waals surface area (Å²) in [5.41, 5.74) is 1.66. The number of hydrogen-bond acceptors (Lipinski definition) is 5. The maximum Gasteiger partial charge on any atom is 0.316 e. The van der Waals surface area contributed by atoms with Gasteiger partial charge in [0, 0.05) is 5.56 Å². The van der Waals surface area contributed by atoms with Crippen molar-refractivity contribution in [1.29, 1.82) is 0 Å². The highest BCUT2D eigenvalue weighted by Crippen LogP contribution is 2.34. The van der Waals surface area contributed by atoms with Crippen LogP contribution in [0.2, 0.25) is 0 Å². The Labute approximate surface area is 161 Å². The minimum absolute atomic E-state index is 0.0942. The van der Waals surface area contributed by atoms with Gasteiger partial charge in [-0.05, 0) is 26.0 Å². The van der Waals surface area contributed by atoms with Crippen LogP contribution in [0.1, 0.15) is 12.5 Å². The van der Waals surface area contributed by atoms with Crippen molar-refractivity contribution in [3.05, 3.63) is 60.2 Å². The topological polar surface area (TPSA) is 100 Å². The van der Waals surface area contributed by atoms with Crippen LogP contribution >= 0.6 is 11.8 Å². The molecule has 27 heavy (non-hydrogen) atoms. The summed E-state index contributed by atoms with van der Waals surface area (Å²) in [5.74, 6) is -0.663. The van der Waals surface area contributed by atoms with Gasteiger partial charge in [-0.3, -0.25) is 4.79 Å². The Morgan fingerprint density at radius 2 is 1.74 bits per heavy atom. The highest BCUT2D eigenvalue weighted by molar-refractivity contribution is 8.01. The number of nitrogens with zero attached hydrogens (tertiary/aromatic N) is 1. The number of rotatable bonds is 6. The van der Waals surface area contributed by atoms with Crippen molar-refractivity contribution in [1.82, 2.24) is 9.97 Å². The van der Waals surface area contributed by atoms with Crippen molar-refractivity contribution in [2.24, 2.45) is 0 Å². The first-order valence-electron chi connectivity index (χ1n) is 8.15. The van der Waals surface area contributed by atoms with Crippen LogP contribution in [0, 0.1) is 6.92 Å². The molecule has 3 rings (SSSR count). The van der Waals surface area contributed by atoms with Gasteiger partial charge in [-0.2, -0.15) is 0 Å². The molecule has 2 N–H and O–H groups in total. The Balaban J connectivity index is 2.13. The van der Waals surface area contributed by atoms with Gasteiger partial charge in [0.25, 0.3) is 0 Å². The number of carboxylic acids is 1. The highest BCUT2D eigenvalue weighted by atomic mass is 32.2. The van der Waals surface area contributed by atoms with Crippen LogP contribution < -0.4 is 0 Å². The lowest BCUT2D eigenvalue weighted by atomic mass is 10.2. The number of carbonyl (C=O) groups is 1. The number of H-pyrrole nitrogens is 1. The van der Waals surface area contributed by atoms with Gasteiger partial charge in [0.05, 0.1) is 4.90 Å². The molecule has 0 saturated heterocycles. The third kappa shape index (κ3) is 4.06. The molecule has 0 spiro atoms. The number of benzene rings is 2. The fourth-order valence-electron chi connectivity index (χ4n) is 2.39. The summed E-state index contributed by atoms with van der Waals surface area (Å²) in [6.07, 6.45) is 0. The number of aromatic nitrogens is 2. The Bertz CT molecular complexity index is 1060. The number of carboxylic acid groups (broad SMARTS) is 1. The van der Waals surface area contributed by atoms with E-state index in [1.807, 2.05) is 25.1 Å². The molecule has 0 aliphatic heterocycles. The number of aliphatic carboxylic acids is 1. The fraction of sp³-hybridized carbons (Fsp3) is 0.158. The number of aryl methyl sites for hydroxylation is 1. The van der Waals surface area contributed by atoms with E-state index in [4.69, 9.17) is 0 Å². The second-order valence-corrected chi connectivity index (χ2v) is 9.22. The third-order valence-electron chi connectivity index (χ3n) is 3.92. The molecule has 0 bridgehead atoms. The van der Waals surface area contributed by atoms with Gasteiger partial charge in [0.15, 0.2) is 5.03 Å². The number of thioether (sulfide) groups is 1. The molecule has 1 aromatic heterocycles. The van der Waals surface area contributed by atoms with Crippen molar-refractivity contribution < 1.29 is 18.3 Å². The molecule has 0 amide bonds. The van der Waals surface area contributed by atoms with Crippen molar-refractivity contribution in [3.63, 3.8) is 0 Å². The maximum atomic E-state index is 13.1. The second kappa shape index (κ2) is 7.58. The average molecular weight is 402 g/mol. The number of hydrogen-bond donors (Lipinski definition) is 2. The summed E-state index contributed by atoms with van der Waals surface area (Å²) in [6.45, 7) is 3.36. The molecule has 0 aliphatic carbocycles. The summed E-state index contributed by atoms with van der Waals surface area (Å²) < 4.78 is 26.3. The first-order valence-corrected chi connectivity index (χ1v) is 10.5. The molecule has 0 unspecified atom stereocenters. The van der Waals surface area contributed by atoms with Gasteiger partial charge in [-0.1, -0.05) is 59.8 Å². The Hall–Kier alpha value is -2.58. The largest absolute Gasteiger partial charge is 0.480 e. The van der Waals surface area contributed by atoms with E-state index in [1.165, 1.54) is 19.1 Å². The smallest absolute Gasteiger partial charge is 0.316 e. The SMILES string of the molecule is Cc1ccc(S(=O)(=O)c2[nH]c(-c3ccccc3)nc2S[C@@H](C)C(=O)O)cc1.